The molecule has 0 saturated carbocycles. The molecule has 0 aromatic heterocycles. The molecule has 0 aromatic rings. The number of rotatable bonds is 4. The fourth-order valence-electron chi connectivity index (χ4n) is 1.53. The number of hydrogen-bond acceptors (Lipinski definition) is 3. The Balaban J connectivity index is 2.31. The van der Waals surface area contributed by atoms with Crippen LogP contribution in [0.4, 0.5) is 0 Å². The minimum absolute atomic E-state index is 0.0646. The quantitative estimate of drug-likeness (QED) is 0.716. The molecule has 1 fully saturated rings. The normalized spacial score (nSPS) is 25.5. The van der Waals surface area contributed by atoms with Gasteiger partial charge in [0.05, 0.1) is 6.10 Å². The lowest BCUT2D eigenvalue weighted by Gasteiger charge is -2.24. The van der Waals surface area contributed by atoms with Crippen molar-refractivity contribution in [3.05, 3.63) is 0 Å². The first kappa shape index (κ1) is 10.5. The largest absolute Gasteiger partial charge is 0.479 e. The van der Waals surface area contributed by atoms with Gasteiger partial charge in [-0.1, -0.05) is 0 Å². The molecule has 0 radical (unpaired) electrons. The van der Waals surface area contributed by atoms with Crippen LogP contribution in [0.3, 0.4) is 0 Å². The molecule has 76 valence electrons. The van der Waals surface area contributed by atoms with Gasteiger partial charge in [-0.2, -0.15) is 0 Å². The highest BCUT2D eigenvalue weighted by atomic mass is 16.5. The fraction of sp³-hybridized carbons (Fsp3) is 0.889. The fourth-order valence-corrected chi connectivity index (χ4v) is 1.53. The van der Waals surface area contributed by atoms with Gasteiger partial charge < -0.3 is 14.6 Å². The molecule has 1 saturated heterocycles. The molecule has 2 unspecified atom stereocenters. The van der Waals surface area contributed by atoms with Crippen LogP contribution in [0, 0.1) is 0 Å². The van der Waals surface area contributed by atoms with Gasteiger partial charge in [0, 0.05) is 20.1 Å². The highest BCUT2D eigenvalue weighted by Gasteiger charge is 2.23. The summed E-state index contributed by atoms with van der Waals surface area (Å²) in [4.78, 5) is 10.6. The Morgan fingerprint density at radius 1 is 1.69 bits per heavy atom. The van der Waals surface area contributed by atoms with Crippen LogP contribution < -0.4 is 0 Å². The molecule has 2 atom stereocenters. The van der Waals surface area contributed by atoms with Crippen molar-refractivity contribution in [1.82, 2.24) is 0 Å². The number of carbonyl (C=O) groups is 1. The molecule has 0 aliphatic carbocycles. The predicted molar refractivity (Wildman–Crippen MR) is 46.6 cm³/mol. The number of hydrogen-bond donors (Lipinski definition) is 1. The lowest BCUT2D eigenvalue weighted by atomic mass is 10.0. The second-order valence-corrected chi connectivity index (χ2v) is 3.29. The minimum Gasteiger partial charge on any atom is -0.479 e. The van der Waals surface area contributed by atoms with E-state index in [9.17, 15) is 4.79 Å². The zero-order valence-electron chi connectivity index (χ0n) is 7.86. The van der Waals surface area contributed by atoms with Crippen LogP contribution in [0.15, 0.2) is 0 Å². The van der Waals surface area contributed by atoms with Crippen LogP contribution in [-0.2, 0) is 14.3 Å². The zero-order valence-corrected chi connectivity index (χ0v) is 7.86. The van der Waals surface area contributed by atoms with Crippen LogP contribution in [-0.4, -0.2) is 37.0 Å². The summed E-state index contributed by atoms with van der Waals surface area (Å²) >= 11 is 0. The maximum atomic E-state index is 10.6. The van der Waals surface area contributed by atoms with Gasteiger partial charge in [0.1, 0.15) is 0 Å². The van der Waals surface area contributed by atoms with E-state index < -0.39 is 12.1 Å². The Kier molecular flexibility index (Phi) is 4.18. The molecule has 0 spiro atoms. The predicted octanol–water partition coefficient (Wildman–Crippen LogP) is 1.05. The van der Waals surface area contributed by atoms with E-state index in [4.69, 9.17) is 14.6 Å². The SMILES string of the molecule is COC(CC1CCCCO1)C(=O)O. The highest BCUT2D eigenvalue weighted by molar-refractivity contribution is 5.72. The second-order valence-electron chi connectivity index (χ2n) is 3.29. The van der Waals surface area contributed by atoms with Crippen molar-refractivity contribution >= 4 is 5.97 Å². The van der Waals surface area contributed by atoms with Crippen LogP contribution in [0.25, 0.3) is 0 Å². The smallest absolute Gasteiger partial charge is 0.332 e. The summed E-state index contributed by atoms with van der Waals surface area (Å²) in [6, 6.07) is 0. The van der Waals surface area contributed by atoms with Crippen molar-refractivity contribution < 1.29 is 19.4 Å². The minimum atomic E-state index is -0.906. The summed E-state index contributed by atoms with van der Waals surface area (Å²) in [5.74, 6) is -0.906. The molecule has 13 heavy (non-hydrogen) atoms. The molecule has 1 aliphatic heterocycles. The molecule has 0 amide bonds. The topological polar surface area (TPSA) is 55.8 Å². The Morgan fingerprint density at radius 3 is 2.92 bits per heavy atom. The molecular formula is C9H16O4. The van der Waals surface area contributed by atoms with Gasteiger partial charge in [0.25, 0.3) is 0 Å². The van der Waals surface area contributed by atoms with Gasteiger partial charge in [-0.3, -0.25) is 0 Å². The van der Waals surface area contributed by atoms with Crippen molar-refractivity contribution in [1.29, 1.82) is 0 Å². The molecule has 0 bridgehead atoms. The Hall–Kier alpha value is -0.610. The summed E-state index contributed by atoms with van der Waals surface area (Å²) in [5, 5.41) is 8.72. The van der Waals surface area contributed by atoms with Crippen molar-refractivity contribution in [2.45, 2.75) is 37.9 Å². The summed E-state index contributed by atoms with van der Waals surface area (Å²) in [5.41, 5.74) is 0. The summed E-state index contributed by atoms with van der Waals surface area (Å²) in [6.07, 6.45) is 2.97. The second kappa shape index (κ2) is 5.19. The zero-order chi connectivity index (χ0) is 9.68. The number of aliphatic carboxylic acids is 1. The van der Waals surface area contributed by atoms with Crippen LogP contribution in [0.2, 0.25) is 0 Å². The van der Waals surface area contributed by atoms with Crippen LogP contribution >= 0.6 is 0 Å². The average Bonchev–Trinajstić information content (AvgIpc) is 2.15. The lowest BCUT2D eigenvalue weighted by Crippen LogP contribution is -2.30. The first-order valence-corrected chi connectivity index (χ1v) is 4.61. The maximum absolute atomic E-state index is 10.6. The van der Waals surface area contributed by atoms with Crippen molar-refractivity contribution in [2.24, 2.45) is 0 Å². The summed E-state index contributed by atoms with van der Waals surface area (Å²) < 4.78 is 10.3. The molecule has 4 nitrogen and oxygen atoms in total. The van der Waals surface area contributed by atoms with E-state index in [1.165, 1.54) is 7.11 Å². The van der Waals surface area contributed by atoms with E-state index in [-0.39, 0.29) is 6.10 Å². The van der Waals surface area contributed by atoms with Crippen molar-refractivity contribution in [3.8, 4) is 0 Å². The summed E-state index contributed by atoms with van der Waals surface area (Å²) in [7, 11) is 1.42. The van der Waals surface area contributed by atoms with Gasteiger partial charge in [0.15, 0.2) is 6.10 Å². The van der Waals surface area contributed by atoms with E-state index in [2.05, 4.69) is 0 Å². The number of carboxylic acids is 1. The van der Waals surface area contributed by atoms with Gasteiger partial charge in [0.2, 0.25) is 0 Å². The van der Waals surface area contributed by atoms with E-state index in [1.807, 2.05) is 0 Å². The third-order valence-corrected chi connectivity index (χ3v) is 2.31. The van der Waals surface area contributed by atoms with E-state index in [1.54, 1.807) is 0 Å². The molecule has 1 N–H and O–H groups in total. The highest BCUT2D eigenvalue weighted by Crippen LogP contribution is 2.18. The van der Waals surface area contributed by atoms with Gasteiger partial charge in [-0.15, -0.1) is 0 Å². The van der Waals surface area contributed by atoms with Crippen LogP contribution in [0.1, 0.15) is 25.7 Å². The molecule has 0 aromatic carbocycles. The van der Waals surface area contributed by atoms with E-state index in [0.29, 0.717) is 6.42 Å². The van der Waals surface area contributed by atoms with E-state index in [0.717, 1.165) is 25.9 Å². The number of carboxylic acid groups (broad SMARTS) is 1. The maximum Gasteiger partial charge on any atom is 0.332 e. The van der Waals surface area contributed by atoms with Gasteiger partial charge in [-0.25, -0.2) is 4.79 Å². The monoisotopic (exact) mass is 188 g/mol. The third-order valence-electron chi connectivity index (χ3n) is 2.31. The Labute approximate surface area is 77.8 Å². The standard InChI is InChI=1S/C9H16O4/c1-12-8(9(10)11)6-7-4-2-3-5-13-7/h7-8H,2-6H2,1H3,(H,10,11). The lowest BCUT2D eigenvalue weighted by molar-refractivity contribution is -0.151. The van der Waals surface area contributed by atoms with Crippen molar-refractivity contribution in [3.63, 3.8) is 0 Å². The number of ether oxygens (including phenoxy) is 2. The Bertz CT molecular complexity index is 163. The average molecular weight is 188 g/mol. The number of methoxy groups -OCH3 is 1. The van der Waals surface area contributed by atoms with Gasteiger partial charge >= 0.3 is 5.97 Å². The first-order chi connectivity index (χ1) is 6.24. The van der Waals surface area contributed by atoms with Crippen molar-refractivity contribution in [2.75, 3.05) is 13.7 Å². The molecule has 4 heteroatoms. The summed E-state index contributed by atoms with van der Waals surface area (Å²) in [6.45, 7) is 0.751. The van der Waals surface area contributed by atoms with Gasteiger partial charge in [-0.05, 0) is 19.3 Å². The third kappa shape index (κ3) is 3.32. The van der Waals surface area contributed by atoms with E-state index >= 15 is 0 Å². The molecule has 1 rings (SSSR count). The molecule has 1 heterocycles. The first-order valence-electron chi connectivity index (χ1n) is 4.61. The Morgan fingerprint density at radius 2 is 2.46 bits per heavy atom. The van der Waals surface area contributed by atoms with Crippen LogP contribution in [0.5, 0.6) is 0 Å². The molecule has 1 aliphatic rings. The molecular weight excluding hydrogens is 172 g/mol.